The zero-order valence-corrected chi connectivity index (χ0v) is 16.3. The Morgan fingerprint density at radius 3 is 2.21 bits per heavy atom. The van der Waals surface area contributed by atoms with E-state index in [0.29, 0.717) is 30.9 Å². The van der Waals surface area contributed by atoms with E-state index in [-0.39, 0.29) is 36.4 Å². The van der Waals surface area contributed by atoms with E-state index in [1.165, 1.54) is 11.1 Å². The number of fused-ring (bicyclic) bond motifs is 1. The van der Waals surface area contributed by atoms with Crippen LogP contribution in [0.2, 0.25) is 0 Å². The van der Waals surface area contributed by atoms with Gasteiger partial charge in [-0.1, -0.05) is 24.3 Å². The van der Waals surface area contributed by atoms with Crippen LogP contribution in [0.5, 0.6) is 0 Å². The molecule has 1 saturated heterocycles. The highest BCUT2D eigenvalue weighted by Gasteiger charge is 2.25. The van der Waals surface area contributed by atoms with Crippen molar-refractivity contribution in [1.82, 2.24) is 5.32 Å². The standard InChI is InChI=1S/C21H23N3O3.ClH/c25-20(18-12-14-4-1-2-5-15(14)13-22-18)23-16-7-9-17(10-8-16)24-21(26)19-6-3-11-27-19;/h1-2,4-5,7-10,18-19,22H,3,6,11-13H2,(H,23,25)(H,24,26);1H. The quantitative estimate of drug-likeness (QED) is 0.736. The predicted octanol–water partition coefficient (Wildman–Crippen LogP) is 2.88. The van der Waals surface area contributed by atoms with Crippen molar-refractivity contribution in [2.45, 2.75) is 38.0 Å². The van der Waals surface area contributed by atoms with Gasteiger partial charge in [-0.25, -0.2) is 0 Å². The van der Waals surface area contributed by atoms with Gasteiger partial charge >= 0.3 is 0 Å². The second kappa shape index (κ2) is 9.19. The van der Waals surface area contributed by atoms with Crippen LogP contribution < -0.4 is 16.0 Å². The second-order valence-corrected chi connectivity index (χ2v) is 6.96. The average molecular weight is 402 g/mol. The number of hydrogen-bond donors (Lipinski definition) is 3. The highest BCUT2D eigenvalue weighted by molar-refractivity contribution is 5.96. The lowest BCUT2D eigenvalue weighted by molar-refractivity contribution is -0.124. The molecule has 2 atom stereocenters. The largest absolute Gasteiger partial charge is 0.368 e. The van der Waals surface area contributed by atoms with Crippen molar-refractivity contribution in [3.63, 3.8) is 0 Å². The van der Waals surface area contributed by atoms with Gasteiger partial charge in [-0.3, -0.25) is 9.59 Å². The number of anilines is 2. The van der Waals surface area contributed by atoms with Crippen LogP contribution in [0.3, 0.4) is 0 Å². The minimum absolute atomic E-state index is 0. The summed E-state index contributed by atoms with van der Waals surface area (Å²) in [4.78, 5) is 24.6. The molecule has 2 amide bonds. The van der Waals surface area contributed by atoms with Gasteiger partial charge in [0.05, 0.1) is 6.04 Å². The lowest BCUT2D eigenvalue weighted by Gasteiger charge is -2.25. The number of hydrogen-bond acceptors (Lipinski definition) is 4. The van der Waals surface area contributed by atoms with Crippen LogP contribution in [0.1, 0.15) is 24.0 Å². The van der Waals surface area contributed by atoms with E-state index in [2.05, 4.69) is 28.1 Å². The summed E-state index contributed by atoms with van der Waals surface area (Å²) in [6.45, 7) is 1.34. The number of nitrogens with one attached hydrogen (secondary N) is 3. The number of halogens is 1. The molecule has 2 aliphatic heterocycles. The van der Waals surface area contributed by atoms with Crippen molar-refractivity contribution < 1.29 is 14.3 Å². The third-order valence-corrected chi connectivity index (χ3v) is 5.04. The van der Waals surface area contributed by atoms with Gasteiger partial charge < -0.3 is 20.7 Å². The molecule has 0 saturated carbocycles. The highest BCUT2D eigenvalue weighted by Crippen LogP contribution is 2.19. The maximum Gasteiger partial charge on any atom is 0.253 e. The van der Waals surface area contributed by atoms with Crippen molar-refractivity contribution in [3.8, 4) is 0 Å². The van der Waals surface area contributed by atoms with Gasteiger partial charge in [-0.05, 0) is 54.7 Å². The van der Waals surface area contributed by atoms with E-state index in [0.717, 1.165) is 12.8 Å². The first kappa shape index (κ1) is 20.3. The fourth-order valence-corrected chi connectivity index (χ4v) is 3.51. The number of carbonyl (C=O) groups is 2. The van der Waals surface area contributed by atoms with Crippen molar-refractivity contribution in [3.05, 3.63) is 59.7 Å². The molecule has 0 aliphatic carbocycles. The monoisotopic (exact) mass is 401 g/mol. The van der Waals surface area contributed by atoms with E-state index in [1.807, 2.05) is 12.1 Å². The Kier molecular flexibility index (Phi) is 6.67. The number of amides is 2. The molecule has 2 unspecified atom stereocenters. The van der Waals surface area contributed by atoms with E-state index >= 15 is 0 Å². The molecule has 0 radical (unpaired) electrons. The van der Waals surface area contributed by atoms with E-state index in [9.17, 15) is 9.59 Å². The number of carbonyl (C=O) groups excluding carboxylic acids is 2. The number of benzene rings is 2. The fraction of sp³-hybridized carbons (Fsp3) is 0.333. The minimum atomic E-state index is -0.357. The van der Waals surface area contributed by atoms with Gasteiger partial charge in [0.1, 0.15) is 6.10 Å². The van der Waals surface area contributed by atoms with Crippen LogP contribution in [0.25, 0.3) is 0 Å². The molecule has 2 aliphatic rings. The third kappa shape index (κ3) is 4.70. The van der Waals surface area contributed by atoms with Gasteiger partial charge in [-0.2, -0.15) is 0 Å². The lowest BCUT2D eigenvalue weighted by Crippen LogP contribution is -2.44. The van der Waals surface area contributed by atoms with Gasteiger partial charge in [-0.15, -0.1) is 12.4 Å². The summed E-state index contributed by atoms with van der Waals surface area (Å²) >= 11 is 0. The summed E-state index contributed by atoms with van der Waals surface area (Å²) in [7, 11) is 0. The molecule has 7 heteroatoms. The molecule has 2 aromatic carbocycles. The van der Waals surface area contributed by atoms with Gasteiger partial charge in [0.2, 0.25) is 5.91 Å². The molecule has 0 spiro atoms. The molecule has 28 heavy (non-hydrogen) atoms. The number of ether oxygens (including phenoxy) is 1. The summed E-state index contributed by atoms with van der Waals surface area (Å²) in [5, 5.41) is 9.07. The first-order valence-electron chi connectivity index (χ1n) is 9.32. The Hall–Kier alpha value is -2.41. The third-order valence-electron chi connectivity index (χ3n) is 5.04. The zero-order chi connectivity index (χ0) is 18.6. The molecule has 2 aromatic rings. The van der Waals surface area contributed by atoms with E-state index in [1.54, 1.807) is 24.3 Å². The Morgan fingerprint density at radius 1 is 0.929 bits per heavy atom. The van der Waals surface area contributed by atoms with Gasteiger partial charge in [0, 0.05) is 24.5 Å². The van der Waals surface area contributed by atoms with Gasteiger partial charge in [0.15, 0.2) is 0 Å². The second-order valence-electron chi connectivity index (χ2n) is 6.96. The summed E-state index contributed by atoms with van der Waals surface area (Å²) in [5.41, 5.74) is 3.85. The molecule has 2 heterocycles. The highest BCUT2D eigenvalue weighted by atomic mass is 35.5. The van der Waals surface area contributed by atoms with Crippen molar-refractivity contribution >= 4 is 35.6 Å². The molecule has 0 bridgehead atoms. The fourth-order valence-electron chi connectivity index (χ4n) is 3.51. The first-order chi connectivity index (χ1) is 13.2. The molecular weight excluding hydrogens is 378 g/mol. The van der Waals surface area contributed by atoms with Crippen LogP contribution in [0, 0.1) is 0 Å². The predicted molar refractivity (Wildman–Crippen MR) is 111 cm³/mol. The molecule has 6 nitrogen and oxygen atoms in total. The van der Waals surface area contributed by atoms with Crippen molar-refractivity contribution in [2.75, 3.05) is 17.2 Å². The lowest BCUT2D eigenvalue weighted by atomic mass is 9.95. The van der Waals surface area contributed by atoms with Gasteiger partial charge in [0.25, 0.3) is 5.91 Å². The van der Waals surface area contributed by atoms with Crippen LogP contribution in [0.15, 0.2) is 48.5 Å². The zero-order valence-electron chi connectivity index (χ0n) is 15.4. The van der Waals surface area contributed by atoms with E-state index < -0.39 is 0 Å². The molecule has 4 rings (SSSR count). The van der Waals surface area contributed by atoms with Crippen molar-refractivity contribution in [2.24, 2.45) is 0 Å². The molecule has 0 aromatic heterocycles. The summed E-state index contributed by atoms with van der Waals surface area (Å²) < 4.78 is 5.38. The molecular formula is C21H24ClN3O3. The summed E-state index contributed by atoms with van der Waals surface area (Å²) in [6.07, 6.45) is 2.00. The van der Waals surface area contributed by atoms with Crippen LogP contribution in [-0.4, -0.2) is 30.6 Å². The van der Waals surface area contributed by atoms with Crippen molar-refractivity contribution in [1.29, 1.82) is 0 Å². The maximum absolute atomic E-state index is 12.6. The summed E-state index contributed by atoms with van der Waals surface area (Å²) in [6, 6.07) is 15.1. The smallest absolute Gasteiger partial charge is 0.253 e. The molecule has 148 valence electrons. The average Bonchev–Trinajstić information content (AvgIpc) is 3.24. The summed E-state index contributed by atoms with van der Waals surface area (Å²) in [5.74, 6) is -0.171. The first-order valence-corrected chi connectivity index (χ1v) is 9.32. The Morgan fingerprint density at radius 2 is 1.57 bits per heavy atom. The molecule has 1 fully saturated rings. The normalized spacial score (nSPS) is 20.6. The Balaban J connectivity index is 0.00000225. The Labute approximate surface area is 170 Å². The Bertz CT molecular complexity index is 835. The van der Waals surface area contributed by atoms with Crippen LogP contribution in [-0.2, 0) is 27.3 Å². The molecule has 3 N–H and O–H groups in total. The van der Waals surface area contributed by atoms with E-state index in [4.69, 9.17) is 4.74 Å². The topological polar surface area (TPSA) is 79.5 Å². The number of rotatable bonds is 4. The van der Waals surface area contributed by atoms with Crippen LogP contribution >= 0.6 is 12.4 Å². The van der Waals surface area contributed by atoms with Crippen LogP contribution in [0.4, 0.5) is 11.4 Å². The maximum atomic E-state index is 12.6. The SMILES string of the molecule is Cl.O=C(Nc1ccc(NC(=O)C2CCCO2)cc1)C1Cc2ccccc2CN1. The minimum Gasteiger partial charge on any atom is -0.368 e.